The van der Waals surface area contributed by atoms with Crippen LogP contribution in [0.15, 0.2) is 65.5 Å². The van der Waals surface area contributed by atoms with Gasteiger partial charge in [-0.15, -0.1) is 0 Å². The number of methoxy groups -OCH3 is 1. The quantitative estimate of drug-likeness (QED) is 0.385. The van der Waals surface area contributed by atoms with Gasteiger partial charge in [0.25, 0.3) is 5.56 Å². The number of aromatic nitrogens is 1. The molecule has 162 valence electrons. The number of H-pyrrole nitrogens is 1. The fraction of sp³-hybridized carbons (Fsp3) is 0.222. The van der Waals surface area contributed by atoms with Gasteiger partial charge in [-0.2, -0.15) is 0 Å². The summed E-state index contributed by atoms with van der Waals surface area (Å²) < 4.78 is 14.6. The highest BCUT2D eigenvalue weighted by Gasteiger charge is 2.27. The Morgan fingerprint density at radius 2 is 1.72 bits per heavy atom. The molecule has 1 aliphatic rings. The Bertz CT molecular complexity index is 1310. The van der Waals surface area contributed by atoms with Crippen LogP contribution in [0, 0.1) is 13.8 Å². The van der Waals surface area contributed by atoms with Gasteiger partial charge in [-0.05, 0) is 102 Å². The number of aryl methyl sites for hydroxylation is 2. The van der Waals surface area contributed by atoms with Crippen LogP contribution in [0.3, 0.4) is 0 Å². The van der Waals surface area contributed by atoms with Crippen molar-refractivity contribution in [1.29, 1.82) is 0 Å². The summed E-state index contributed by atoms with van der Waals surface area (Å²) in [6, 6.07) is 20.4. The largest absolute Gasteiger partial charge is 0.497 e. The molecular weight excluding hydrogens is 418 g/mol. The van der Waals surface area contributed by atoms with E-state index in [1.165, 1.54) is 44.9 Å². The molecule has 32 heavy (non-hydrogen) atoms. The third-order valence-electron chi connectivity index (χ3n) is 6.17. The second-order valence-corrected chi connectivity index (χ2v) is 9.10. The van der Waals surface area contributed by atoms with E-state index in [2.05, 4.69) is 48.6 Å². The lowest BCUT2D eigenvalue weighted by molar-refractivity contribution is 0.207. The first-order chi connectivity index (χ1) is 15.5. The molecule has 0 spiro atoms. The van der Waals surface area contributed by atoms with E-state index in [-0.39, 0.29) is 11.7 Å². The number of benzene rings is 3. The lowest BCUT2D eigenvalue weighted by Crippen LogP contribution is -2.03. The van der Waals surface area contributed by atoms with Crippen LogP contribution in [0.2, 0.25) is 0 Å². The third kappa shape index (κ3) is 3.73. The summed E-state index contributed by atoms with van der Waals surface area (Å²) in [6.45, 7) is 4.30. The zero-order valence-corrected chi connectivity index (χ0v) is 19.2. The van der Waals surface area contributed by atoms with Crippen molar-refractivity contribution in [3.63, 3.8) is 0 Å². The van der Waals surface area contributed by atoms with Crippen LogP contribution < -0.4 is 15.0 Å². The van der Waals surface area contributed by atoms with Gasteiger partial charge in [0.05, 0.1) is 12.0 Å². The van der Waals surface area contributed by atoms with E-state index in [4.69, 9.17) is 9.47 Å². The Kier molecular flexibility index (Phi) is 5.35. The highest BCUT2D eigenvalue weighted by atomic mass is 32.1. The van der Waals surface area contributed by atoms with Gasteiger partial charge in [0.15, 0.2) is 0 Å². The van der Waals surface area contributed by atoms with Gasteiger partial charge in [-0.1, -0.05) is 29.7 Å². The summed E-state index contributed by atoms with van der Waals surface area (Å²) in [5, 5.41) is 0. The highest BCUT2D eigenvalue weighted by Crippen LogP contribution is 2.42. The summed E-state index contributed by atoms with van der Waals surface area (Å²) >= 11 is 1.35. The lowest BCUT2D eigenvalue weighted by Gasteiger charge is -2.18. The number of nitrogens with one attached hydrogen (secondary N) is 1. The van der Waals surface area contributed by atoms with Gasteiger partial charge in [0.1, 0.15) is 17.6 Å². The van der Waals surface area contributed by atoms with E-state index < -0.39 is 0 Å². The molecule has 4 aromatic rings. The van der Waals surface area contributed by atoms with Gasteiger partial charge < -0.3 is 9.47 Å². The smallest absolute Gasteiger partial charge is 0.258 e. The van der Waals surface area contributed by atoms with Crippen LogP contribution in [0.4, 0.5) is 0 Å². The van der Waals surface area contributed by atoms with Gasteiger partial charge in [-0.25, -0.2) is 0 Å². The molecule has 0 unspecified atom stereocenters. The fourth-order valence-corrected chi connectivity index (χ4v) is 5.42. The maximum absolute atomic E-state index is 11.4. The molecule has 5 heteroatoms. The van der Waals surface area contributed by atoms with Crippen molar-refractivity contribution < 1.29 is 9.47 Å². The predicted octanol–water partition coefficient (Wildman–Crippen LogP) is 6.46. The van der Waals surface area contributed by atoms with Crippen LogP contribution >= 0.6 is 11.5 Å². The number of ether oxygens (including phenoxy) is 2. The third-order valence-corrected chi connectivity index (χ3v) is 7.04. The molecule has 5 rings (SSSR count). The van der Waals surface area contributed by atoms with Crippen molar-refractivity contribution in [2.24, 2.45) is 0 Å². The normalized spacial score (nSPS) is 14.9. The summed E-state index contributed by atoms with van der Waals surface area (Å²) in [5.74, 6) is 1.74. The Balaban J connectivity index is 1.43. The maximum Gasteiger partial charge on any atom is 0.258 e. The van der Waals surface area contributed by atoms with Crippen LogP contribution in [0.5, 0.6) is 11.5 Å². The number of hydrogen-bond acceptors (Lipinski definition) is 4. The first kappa shape index (κ1) is 20.6. The van der Waals surface area contributed by atoms with Crippen LogP contribution in [-0.4, -0.2) is 11.5 Å². The molecule has 0 aliphatic heterocycles. The van der Waals surface area contributed by atoms with Crippen LogP contribution in [-0.2, 0) is 6.42 Å². The van der Waals surface area contributed by atoms with Crippen LogP contribution in [0.25, 0.3) is 21.6 Å². The number of rotatable bonds is 5. The minimum Gasteiger partial charge on any atom is -0.497 e. The molecule has 3 aromatic carbocycles. The van der Waals surface area contributed by atoms with Crippen molar-refractivity contribution in [3.05, 3.63) is 93.3 Å². The minimum atomic E-state index is -0.0639. The summed E-state index contributed by atoms with van der Waals surface area (Å²) in [7, 11) is 1.71. The highest BCUT2D eigenvalue weighted by molar-refractivity contribution is 7.09. The van der Waals surface area contributed by atoms with E-state index >= 15 is 0 Å². The number of aromatic amines is 1. The topological polar surface area (TPSA) is 51.3 Å². The van der Waals surface area contributed by atoms with Crippen molar-refractivity contribution >= 4 is 11.5 Å². The van der Waals surface area contributed by atoms with Crippen molar-refractivity contribution in [1.82, 2.24) is 4.37 Å². The van der Waals surface area contributed by atoms with Crippen molar-refractivity contribution in [2.45, 2.75) is 32.8 Å². The molecule has 0 fully saturated rings. The second-order valence-electron chi connectivity index (χ2n) is 8.26. The summed E-state index contributed by atoms with van der Waals surface area (Å²) in [6.07, 6.45) is 2.00. The molecule has 4 nitrogen and oxygen atoms in total. The van der Waals surface area contributed by atoms with Crippen LogP contribution in [0.1, 0.15) is 34.8 Å². The molecule has 0 saturated heterocycles. The average molecular weight is 444 g/mol. The summed E-state index contributed by atoms with van der Waals surface area (Å²) in [4.78, 5) is 12.3. The van der Waals surface area contributed by atoms with Gasteiger partial charge in [0.2, 0.25) is 0 Å². The van der Waals surface area contributed by atoms with E-state index in [0.29, 0.717) is 0 Å². The zero-order valence-electron chi connectivity index (χ0n) is 18.4. The Morgan fingerprint density at radius 1 is 0.969 bits per heavy atom. The molecule has 1 aliphatic carbocycles. The number of fused-ring (bicyclic) bond motifs is 1. The van der Waals surface area contributed by atoms with E-state index in [9.17, 15) is 4.79 Å². The van der Waals surface area contributed by atoms with E-state index in [1.54, 1.807) is 13.2 Å². The molecule has 1 atom stereocenters. The van der Waals surface area contributed by atoms with Gasteiger partial charge in [-0.3, -0.25) is 9.17 Å². The van der Waals surface area contributed by atoms with E-state index in [0.717, 1.165) is 34.8 Å². The Hall–Kier alpha value is -3.31. The molecule has 1 heterocycles. The molecule has 0 amide bonds. The standard InChI is InChI=1S/C27H25NO3S/c1-16-13-20(30-3)14-17(2)27(16)23-6-4-5-22-21(23)11-12-24(22)31-19-9-7-18(8-10-19)25-15-26(29)28-32-25/h4-10,13-15,24H,11-12H2,1-3H3,(H,28,29)/t24-/m1/s1. The molecular formula is C27H25NO3S. The molecule has 0 bridgehead atoms. The molecule has 1 aromatic heterocycles. The van der Waals surface area contributed by atoms with Gasteiger partial charge >= 0.3 is 0 Å². The maximum atomic E-state index is 11.4. The first-order valence-corrected chi connectivity index (χ1v) is 11.6. The SMILES string of the molecule is COc1cc(C)c(-c2cccc3c2CC[C@H]3Oc2ccc(-c3cc(=O)[nH]s3)cc2)c(C)c1. The molecule has 1 N–H and O–H groups in total. The Morgan fingerprint density at radius 3 is 2.38 bits per heavy atom. The number of hydrogen-bond donors (Lipinski definition) is 1. The second kappa shape index (κ2) is 8.32. The Labute approximate surface area is 191 Å². The minimum absolute atomic E-state index is 0.0398. The fourth-order valence-electron chi connectivity index (χ4n) is 4.73. The summed E-state index contributed by atoms with van der Waals surface area (Å²) in [5.41, 5.74) is 8.63. The predicted molar refractivity (Wildman–Crippen MR) is 130 cm³/mol. The first-order valence-electron chi connectivity index (χ1n) is 10.8. The monoisotopic (exact) mass is 443 g/mol. The van der Waals surface area contributed by atoms with Gasteiger partial charge in [0, 0.05) is 6.07 Å². The lowest BCUT2D eigenvalue weighted by atomic mass is 9.90. The molecule has 0 radical (unpaired) electrons. The van der Waals surface area contributed by atoms with Crippen molar-refractivity contribution in [3.8, 4) is 33.1 Å². The zero-order chi connectivity index (χ0) is 22.2. The van der Waals surface area contributed by atoms with E-state index in [1.807, 2.05) is 24.3 Å². The molecule has 0 saturated carbocycles. The average Bonchev–Trinajstić information content (AvgIpc) is 3.41. The van der Waals surface area contributed by atoms with Crippen molar-refractivity contribution in [2.75, 3.05) is 7.11 Å².